The van der Waals surface area contributed by atoms with Crippen LogP contribution in [0.3, 0.4) is 0 Å². The van der Waals surface area contributed by atoms with Crippen LogP contribution in [-0.2, 0) is 9.47 Å². The molecule has 5 nitrogen and oxygen atoms in total. The first-order valence-electron chi connectivity index (χ1n) is 9.05. The topological polar surface area (TPSA) is 79.2 Å². The van der Waals surface area contributed by atoms with Gasteiger partial charge in [-0.1, -0.05) is 44.8 Å². The molecule has 0 saturated carbocycles. The summed E-state index contributed by atoms with van der Waals surface area (Å²) in [4.78, 5) is 0. The molecule has 0 aliphatic carbocycles. The monoisotopic (exact) mass is 330 g/mol. The highest BCUT2D eigenvalue weighted by Crippen LogP contribution is 2.18. The van der Waals surface area contributed by atoms with Crippen molar-refractivity contribution in [2.45, 2.75) is 82.7 Å². The zero-order chi connectivity index (χ0) is 16.9. The maximum atomic E-state index is 9.93. The number of hydrogen-bond donors (Lipinski definition) is 3. The van der Waals surface area contributed by atoms with Crippen molar-refractivity contribution in [3.8, 4) is 0 Å². The Balaban J connectivity index is 1.97. The van der Waals surface area contributed by atoms with E-state index in [1.54, 1.807) is 0 Å². The molecule has 3 N–H and O–H groups in total. The van der Waals surface area contributed by atoms with Crippen LogP contribution < -0.4 is 0 Å². The fourth-order valence-electron chi connectivity index (χ4n) is 2.69. The molecule has 0 aromatic rings. The van der Waals surface area contributed by atoms with Gasteiger partial charge in [0, 0.05) is 6.61 Å². The number of allylic oxidation sites excluding steroid dienone is 2. The lowest BCUT2D eigenvalue weighted by Gasteiger charge is -2.36. The Kier molecular flexibility index (Phi) is 11.5. The molecular formula is C18H34O5. The van der Waals surface area contributed by atoms with Crippen LogP contribution in [-0.4, -0.2) is 59.6 Å². The quantitative estimate of drug-likeness (QED) is 0.377. The van der Waals surface area contributed by atoms with Crippen LogP contribution in [0.2, 0.25) is 0 Å². The van der Waals surface area contributed by atoms with E-state index in [2.05, 4.69) is 19.1 Å². The predicted octanol–water partition coefficient (Wildman–Crippen LogP) is 2.18. The molecule has 5 heteroatoms. The molecule has 0 amide bonds. The number of hydrogen-bond acceptors (Lipinski definition) is 5. The normalized spacial score (nSPS) is 28.5. The van der Waals surface area contributed by atoms with Crippen LogP contribution in [0.4, 0.5) is 0 Å². The zero-order valence-corrected chi connectivity index (χ0v) is 14.4. The Morgan fingerprint density at radius 1 is 1.00 bits per heavy atom. The SMILES string of the molecule is CCC/C=C/CCCCCCCO[C@@H]1CO[C@@H](CO)[C@H](O)[C@H]1O. The second kappa shape index (κ2) is 12.9. The molecule has 0 bridgehead atoms. The van der Waals surface area contributed by atoms with Crippen molar-refractivity contribution in [3.63, 3.8) is 0 Å². The van der Waals surface area contributed by atoms with Gasteiger partial charge in [-0.05, 0) is 25.7 Å². The Bertz CT molecular complexity index is 308. The van der Waals surface area contributed by atoms with Crippen molar-refractivity contribution >= 4 is 0 Å². The average molecular weight is 330 g/mol. The first-order valence-corrected chi connectivity index (χ1v) is 9.05. The van der Waals surface area contributed by atoms with Gasteiger partial charge in [0.15, 0.2) is 0 Å². The molecule has 1 heterocycles. The highest BCUT2D eigenvalue weighted by Gasteiger charge is 2.38. The first-order chi connectivity index (χ1) is 11.2. The smallest absolute Gasteiger partial charge is 0.111 e. The van der Waals surface area contributed by atoms with Crippen LogP contribution in [0.15, 0.2) is 12.2 Å². The second-order valence-corrected chi connectivity index (χ2v) is 6.26. The summed E-state index contributed by atoms with van der Waals surface area (Å²) < 4.78 is 10.9. The fourth-order valence-corrected chi connectivity index (χ4v) is 2.69. The minimum atomic E-state index is -1.08. The van der Waals surface area contributed by atoms with Gasteiger partial charge in [-0.2, -0.15) is 0 Å². The molecule has 4 atom stereocenters. The van der Waals surface area contributed by atoms with Crippen LogP contribution >= 0.6 is 0 Å². The maximum Gasteiger partial charge on any atom is 0.111 e. The molecule has 0 aromatic carbocycles. The van der Waals surface area contributed by atoms with Crippen molar-refractivity contribution in [1.82, 2.24) is 0 Å². The summed E-state index contributed by atoms with van der Waals surface area (Å²) >= 11 is 0. The van der Waals surface area contributed by atoms with Crippen molar-refractivity contribution in [1.29, 1.82) is 0 Å². The van der Waals surface area contributed by atoms with E-state index in [0.29, 0.717) is 6.61 Å². The second-order valence-electron chi connectivity index (χ2n) is 6.26. The molecule has 1 aliphatic rings. The van der Waals surface area contributed by atoms with E-state index in [-0.39, 0.29) is 13.2 Å². The molecule has 0 spiro atoms. The van der Waals surface area contributed by atoms with E-state index in [0.717, 1.165) is 12.8 Å². The van der Waals surface area contributed by atoms with Gasteiger partial charge in [0.1, 0.15) is 24.4 Å². The van der Waals surface area contributed by atoms with Crippen molar-refractivity contribution in [3.05, 3.63) is 12.2 Å². The third-order valence-corrected chi connectivity index (χ3v) is 4.24. The van der Waals surface area contributed by atoms with Crippen LogP contribution in [0, 0.1) is 0 Å². The minimum absolute atomic E-state index is 0.216. The lowest BCUT2D eigenvalue weighted by atomic mass is 10.0. The molecule has 1 aliphatic heterocycles. The summed E-state index contributed by atoms with van der Waals surface area (Å²) in [6, 6.07) is 0. The predicted molar refractivity (Wildman–Crippen MR) is 90.3 cm³/mol. The summed E-state index contributed by atoms with van der Waals surface area (Å²) in [6.45, 7) is 2.68. The lowest BCUT2D eigenvalue weighted by Crippen LogP contribution is -2.55. The first kappa shape index (κ1) is 20.6. The van der Waals surface area contributed by atoms with Gasteiger partial charge < -0.3 is 24.8 Å². The van der Waals surface area contributed by atoms with E-state index in [1.807, 2.05) is 0 Å². The molecule has 0 radical (unpaired) electrons. The van der Waals surface area contributed by atoms with E-state index < -0.39 is 24.4 Å². The number of unbranched alkanes of at least 4 members (excludes halogenated alkanes) is 6. The number of ether oxygens (including phenoxy) is 2. The van der Waals surface area contributed by atoms with Crippen molar-refractivity contribution < 1.29 is 24.8 Å². The van der Waals surface area contributed by atoms with Gasteiger partial charge in [0.25, 0.3) is 0 Å². The van der Waals surface area contributed by atoms with Gasteiger partial charge in [-0.15, -0.1) is 0 Å². The summed E-state index contributed by atoms with van der Waals surface area (Å²) in [5, 5.41) is 28.7. The Morgan fingerprint density at radius 3 is 2.43 bits per heavy atom. The Morgan fingerprint density at radius 2 is 1.70 bits per heavy atom. The van der Waals surface area contributed by atoms with Gasteiger partial charge in [0.2, 0.25) is 0 Å². The van der Waals surface area contributed by atoms with E-state index >= 15 is 0 Å². The molecule has 0 unspecified atom stereocenters. The highest BCUT2D eigenvalue weighted by atomic mass is 16.6. The van der Waals surface area contributed by atoms with Crippen LogP contribution in [0.5, 0.6) is 0 Å². The third kappa shape index (κ3) is 8.27. The molecule has 1 fully saturated rings. The van der Waals surface area contributed by atoms with Crippen molar-refractivity contribution in [2.24, 2.45) is 0 Å². The Labute approximate surface area is 140 Å². The molecule has 136 valence electrons. The van der Waals surface area contributed by atoms with E-state index in [9.17, 15) is 10.2 Å². The van der Waals surface area contributed by atoms with E-state index in [4.69, 9.17) is 14.6 Å². The molecule has 0 aromatic heterocycles. The van der Waals surface area contributed by atoms with Crippen molar-refractivity contribution in [2.75, 3.05) is 19.8 Å². The summed E-state index contributed by atoms with van der Waals surface area (Å²) in [5.41, 5.74) is 0. The van der Waals surface area contributed by atoms with E-state index in [1.165, 1.54) is 38.5 Å². The molecular weight excluding hydrogens is 296 g/mol. The maximum absolute atomic E-state index is 9.93. The summed E-state index contributed by atoms with van der Waals surface area (Å²) in [6.07, 6.45) is 10.6. The standard InChI is InChI=1S/C18H34O5/c1-2-3-4-5-6-7-8-9-10-11-12-22-16-14-23-15(13-19)17(20)18(16)21/h4-5,15-21H,2-3,6-14H2,1H3/b5-4+/t15-,16+,17-,18-/m0/s1. The zero-order valence-electron chi connectivity index (χ0n) is 14.4. The summed E-state index contributed by atoms with van der Waals surface area (Å²) in [7, 11) is 0. The van der Waals surface area contributed by atoms with Gasteiger partial charge >= 0.3 is 0 Å². The average Bonchev–Trinajstić information content (AvgIpc) is 2.56. The van der Waals surface area contributed by atoms with Gasteiger partial charge in [0.05, 0.1) is 13.2 Å². The minimum Gasteiger partial charge on any atom is -0.394 e. The number of rotatable bonds is 12. The Hall–Kier alpha value is -0.460. The lowest BCUT2D eigenvalue weighted by molar-refractivity contribution is -0.208. The summed E-state index contributed by atoms with van der Waals surface area (Å²) in [5.74, 6) is 0. The molecule has 23 heavy (non-hydrogen) atoms. The third-order valence-electron chi connectivity index (χ3n) is 4.24. The fraction of sp³-hybridized carbons (Fsp3) is 0.889. The van der Waals surface area contributed by atoms with Crippen LogP contribution in [0.25, 0.3) is 0 Å². The highest BCUT2D eigenvalue weighted by molar-refractivity contribution is 4.87. The van der Waals surface area contributed by atoms with Gasteiger partial charge in [-0.3, -0.25) is 0 Å². The number of aliphatic hydroxyl groups is 3. The largest absolute Gasteiger partial charge is 0.394 e. The van der Waals surface area contributed by atoms with Gasteiger partial charge in [-0.25, -0.2) is 0 Å². The molecule has 1 rings (SSSR count). The van der Waals surface area contributed by atoms with Crippen LogP contribution in [0.1, 0.15) is 58.3 Å². The molecule has 1 saturated heterocycles. The number of aliphatic hydroxyl groups excluding tert-OH is 3.